The van der Waals surface area contributed by atoms with Crippen molar-refractivity contribution in [1.82, 2.24) is 9.97 Å². The first-order valence-electron chi connectivity index (χ1n) is 6.09. The number of benzene rings is 1. The number of rotatable bonds is 6. The van der Waals surface area contributed by atoms with Crippen LogP contribution in [-0.2, 0) is 11.2 Å². The quantitative estimate of drug-likeness (QED) is 0.836. The van der Waals surface area contributed by atoms with Crippen LogP contribution in [0.2, 0.25) is 0 Å². The third kappa shape index (κ3) is 3.58. The van der Waals surface area contributed by atoms with E-state index in [9.17, 15) is 4.79 Å². The SMILES string of the molecule is COc1cccc(-c2cnc(CCCC(=O)O)[nH]2)c1. The summed E-state index contributed by atoms with van der Waals surface area (Å²) in [6.45, 7) is 0. The first kappa shape index (κ1) is 13.1. The average Bonchev–Trinajstić information content (AvgIpc) is 2.87. The number of imidazole rings is 1. The number of aliphatic carboxylic acids is 1. The molecule has 0 unspecified atom stereocenters. The number of hydrogen-bond acceptors (Lipinski definition) is 3. The van der Waals surface area contributed by atoms with Crippen LogP contribution in [0, 0.1) is 0 Å². The van der Waals surface area contributed by atoms with Crippen molar-refractivity contribution in [2.75, 3.05) is 7.11 Å². The van der Waals surface area contributed by atoms with Crippen LogP contribution in [0.15, 0.2) is 30.5 Å². The Morgan fingerprint density at radius 2 is 2.32 bits per heavy atom. The molecule has 100 valence electrons. The molecule has 0 radical (unpaired) electrons. The van der Waals surface area contributed by atoms with Gasteiger partial charge in [0.2, 0.25) is 0 Å². The summed E-state index contributed by atoms with van der Waals surface area (Å²) in [5, 5.41) is 8.59. The molecular formula is C14H16N2O3. The van der Waals surface area contributed by atoms with E-state index in [4.69, 9.17) is 9.84 Å². The Balaban J connectivity index is 2.05. The van der Waals surface area contributed by atoms with Gasteiger partial charge in [-0.05, 0) is 18.6 Å². The monoisotopic (exact) mass is 260 g/mol. The fourth-order valence-electron chi connectivity index (χ4n) is 1.83. The van der Waals surface area contributed by atoms with E-state index in [0.29, 0.717) is 12.8 Å². The highest BCUT2D eigenvalue weighted by Gasteiger charge is 2.05. The number of aromatic nitrogens is 2. The van der Waals surface area contributed by atoms with Crippen molar-refractivity contribution >= 4 is 5.97 Å². The van der Waals surface area contributed by atoms with Crippen molar-refractivity contribution in [2.24, 2.45) is 0 Å². The van der Waals surface area contributed by atoms with Gasteiger partial charge in [-0.25, -0.2) is 4.98 Å². The molecule has 0 bridgehead atoms. The highest BCUT2D eigenvalue weighted by molar-refractivity contribution is 5.66. The Labute approximate surface area is 111 Å². The number of nitrogens with one attached hydrogen (secondary N) is 1. The number of carboxylic acids is 1. The fourth-order valence-corrected chi connectivity index (χ4v) is 1.83. The third-order valence-electron chi connectivity index (χ3n) is 2.81. The van der Waals surface area contributed by atoms with E-state index in [-0.39, 0.29) is 6.42 Å². The normalized spacial score (nSPS) is 10.4. The van der Waals surface area contributed by atoms with Gasteiger partial charge in [0, 0.05) is 18.4 Å². The zero-order chi connectivity index (χ0) is 13.7. The zero-order valence-corrected chi connectivity index (χ0v) is 10.7. The van der Waals surface area contributed by atoms with E-state index in [0.717, 1.165) is 22.8 Å². The predicted molar refractivity (Wildman–Crippen MR) is 71.1 cm³/mol. The standard InChI is InChI=1S/C14H16N2O3/c1-19-11-5-2-4-10(8-11)12-9-15-13(16-12)6-3-7-14(17)18/h2,4-5,8-9H,3,6-7H2,1H3,(H,15,16)(H,17,18). The number of hydrogen-bond donors (Lipinski definition) is 2. The number of aromatic amines is 1. The van der Waals surface area contributed by atoms with E-state index >= 15 is 0 Å². The lowest BCUT2D eigenvalue weighted by Crippen LogP contribution is -1.96. The molecule has 0 atom stereocenters. The van der Waals surface area contributed by atoms with Gasteiger partial charge in [-0.3, -0.25) is 4.79 Å². The number of H-pyrrole nitrogens is 1. The minimum Gasteiger partial charge on any atom is -0.497 e. The molecule has 5 heteroatoms. The van der Waals surface area contributed by atoms with Gasteiger partial charge in [0.25, 0.3) is 0 Å². The van der Waals surface area contributed by atoms with Crippen molar-refractivity contribution in [2.45, 2.75) is 19.3 Å². The molecule has 19 heavy (non-hydrogen) atoms. The second kappa shape index (κ2) is 6.04. The van der Waals surface area contributed by atoms with Crippen molar-refractivity contribution in [3.63, 3.8) is 0 Å². The molecule has 5 nitrogen and oxygen atoms in total. The van der Waals surface area contributed by atoms with Crippen LogP contribution >= 0.6 is 0 Å². The van der Waals surface area contributed by atoms with E-state index in [1.54, 1.807) is 13.3 Å². The molecule has 2 N–H and O–H groups in total. The number of carbonyl (C=O) groups is 1. The van der Waals surface area contributed by atoms with Crippen LogP contribution in [0.5, 0.6) is 5.75 Å². The summed E-state index contributed by atoms with van der Waals surface area (Å²) < 4.78 is 5.17. The predicted octanol–water partition coefficient (Wildman–Crippen LogP) is 2.49. The van der Waals surface area contributed by atoms with Crippen LogP contribution in [0.3, 0.4) is 0 Å². The molecule has 1 aromatic heterocycles. The number of methoxy groups -OCH3 is 1. The van der Waals surface area contributed by atoms with Gasteiger partial charge in [-0.2, -0.15) is 0 Å². The van der Waals surface area contributed by atoms with Crippen LogP contribution in [0.25, 0.3) is 11.3 Å². The summed E-state index contributed by atoms with van der Waals surface area (Å²) in [5.41, 5.74) is 1.90. The first-order valence-corrected chi connectivity index (χ1v) is 6.09. The molecule has 0 fully saturated rings. The van der Waals surface area contributed by atoms with Gasteiger partial charge < -0.3 is 14.8 Å². The number of aryl methyl sites for hydroxylation is 1. The largest absolute Gasteiger partial charge is 0.497 e. The molecule has 0 saturated carbocycles. The highest BCUT2D eigenvalue weighted by Crippen LogP contribution is 2.22. The molecule has 2 aromatic rings. The molecule has 0 aliphatic heterocycles. The summed E-state index contributed by atoms with van der Waals surface area (Å²) in [6, 6.07) is 7.69. The lowest BCUT2D eigenvalue weighted by atomic mass is 10.1. The molecule has 0 aliphatic rings. The van der Waals surface area contributed by atoms with Gasteiger partial charge >= 0.3 is 5.97 Å². The molecule has 0 aliphatic carbocycles. The molecule has 0 saturated heterocycles. The molecular weight excluding hydrogens is 244 g/mol. The van der Waals surface area contributed by atoms with Gasteiger partial charge in [0.1, 0.15) is 11.6 Å². The molecule has 1 aromatic carbocycles. The van der Waals surface area contributed by atoms with E-state index in [1.807, 2.05) is 24.3 Å². The van der Waals surface area contributed by atoms with Gasteiger partial charge in [0.15, 0.2) is 0 Å². The maximum absolute atomic E-state index is 10.4. The van der Waals surface area contributed by atoms with Gasteiger partial charge in [-0.15, -0.1) is 0 Å². The van der Waals surface area contributed by atoms with E-state index < -0.39 is 5.97 Å². The first-order chi connectivity index (χ1) is 9.19. The second-order valence-corrected chi connectivity index (χ2v) is 4.22. The summed E-state index contributed by atoms with van der Waals surface area (Å²) in [7, 11) is 1.63. The topological polar surface area (TPSA) is 75.2 Å². The molecule has 0 amide bonds. The lowest BCUT2D eigenvalue weighted by molar-refractivity contribution is -0.137. The minimum atomic E-state index is -0.778. The van der Waals surface area contributed by atoms with E-state index in [2.05, 4.69) is 9.97 Å². The molecule has 0 spiro atoms. The number of carboxylic acid groups (broad SMARTS) is 1. The minimum absolute atomic E-state index is 0.162. The maximum atomic E-state index is 10.4. The van der Waals surface area contributed by atoms with Crippen LogP contribution in [0.4, 0.5) is 0 Å². The Bertz CT molecular complexity index is 563. The Morgan fingerprint density at radius 1 is 1.47 bits per heavy atom. The van der Waals surface area contributed by atoms with Crippen molar-refractivity contribution in [1.29, 1.82) is 0 Å². The van der Waals surface area contributed by atoms with Crippen molar-refractivity contribution < 1.29 is 14.6 Å². The highest BCUT2D eigenvalue weighted by atomic mass is 16.5. The average molecular weight is 260 g/mol. The van der Waals surface area contributed by atoms with Crippen molar-refractivity contribution in [3.8, 4) is 17.0 Å². The number of nitrogens with zero attached hydrogens (tertiary/aromatic N) is 1. The Hall–Kier alpha value is -2.30. The Kier molecular flexibility index (Phi) is 4.18. The Morgan fingerprint density at radius 3 is 3.05 bits per heavy atom. The van der Waals surface area contributed by atoms with Gasteiger partial charge in [0.05, 0.1) is 19.0 Å². The fraction of sp³-hybridized carbons (Fsp3) is 0.286. The van der Waals surface area contributed by atoms with Crippen LogP contribution in [-0.4, -0.2) is 28.2 Å². The molecule has 2 rings (SSSR count). The van der Waals surface area contributed by atoms with Crippen LogP contribution in [0.1, 0.15) is 18.7 Å². The molecule has 1 heterocycles. The summed E-state index contributed by atoms with van der Waals surface area (Å²) >= 11 is 0. The maximum Gasteiger partial charge on any atom is 0.303 e. The summed E-state index contributed by atoms with van der Waals surface area (Å²) in [4.78, 5) is 17.9. The van der Waals surface area contributed by atoms with Crippen molar-refractivity contribution in [3.05, 3.63) is 36.3 Å². The van der Waals surface area contributed by atoms with E-state index in [1.165, 1.54) is 0 Å². The lowest BCUT2D eigenvalue weighted by Gasteiger charge is -2.02. The summed E-state index contributed by atoms with van der Waals surface area (Å²) in [5.74, 6) is 0.818. The third-order valence-corrected chi connectivity index (χ3v) is 2.81. The summed E-state index contributed by atoms with van der Waals surface area (Å²) in [6.07, 6.45) is 3.14. The second-order valence-electron chi connectivity index (χ2n) is 4.22. The smallest absolute Gasteiger partial charge is 0.303 e. The van der Waals surface area contributed by atoms with Crippen LogP contribution < -0.4 is 4.74 Å². The number of ether oxygens (including phenoxy) is 1. The van der Waals surface area contributed by atoms with Gasteiger partial charge in [-0.1, -0.05) is 12.1 Å². The zero-order valence-electron chi connectivity index (χ0n) is 10.7.